The zero-order valence-corrected chi connectivity index (χ0v) is 14.6. The molecule has 0 spiro atoms. The summed E-state index contributed by atoms with van der Waals surface area (Å²) in [5.74, 6) is -0.0298. The van der Waals surface area contributed by atoms with E-state index in [2.05, 4.69) is 20.8 Å². The molecule has 3 nitrogen and oxygen atoms in total. The van der Waals surface area contributed by atoms with Gasteiger partial charge in [-0.1, -0.05) is 40.0 Å². The summed E-state index contributed by atoms with van der Waals surface area (Å²) < 4.78 is 31.2. The number of unbranched alkanes of at least 4 members (excludes halogenated alkanes) is 3. The Labute approximate surface area is 120 Å². The lowest BCUT2D eigenvalue weighted by Gasteiger charge is -2.27. The highest BCUT2D eigenvalue weighted by Crippen LogP contribution is 2.60. The highest BCUT2D eigenvalue weighted by atomic mass is 32.2. The second kappa shape index (κ2) is 10.1. The predicted octanol–water partition coefficient (Wildman–Crippen LogP) is 4.29. The second-order valence-corrected chi connectivity index (χ2v) is 11.6. The van der Waals surface area contributed by atoms with E-state index in [1.54, 1.807) is 0 Å². The van der Waals surface area contributed by atoms with Crippen molar-refractivity contribution < 1.29 is 13.0 Å². The van der Waals surface area contributed by atoms with Gasteiger partial charge in [-0.05, 0) is 19.3 Å². The molecular weight excluding hydrogens is 279 g/mol. The van der Waals surface area contributed by atoms with Gasteiger partial charge in [-0.15, -0.1) is 0 Å². The maximum atomic E-state index is 11.1. The first-order valence-electron chi connectivity index (χ1n) is 7.69. The minimum Gasteiger partial charge on any atom is -0.285 e. The first kappa shape index (κ1) is 19.3. The fraction of sp³-hybridized carbons (Fsp3) is 1.00. The van der Waals surface area contributed by atoms with Crippen molar-refractivity contribution in [1.29, 1.82) is 0 Å². The Balaban J connectivity index is 4.75. The van der Waals surface area contributed by atoms with Gasteiger partial charge >= 0.3 is 0 Å². The lowest BCUT2D eigenvalue weighted by Crippen LogP contribution is -2.18. The minimum atomic E-state index is -3.80. The zero-order chi connectivity index (χ0) is 14.8. The summed E-state index contributed by atoms with van der Waals surface area (Å²) in [6.45, 7) is 6.57. The van der Waals surface area contributed by atoms with Crippen molar-refractivity contribution in [2.24, 2.45) is 0 Å². The molecule has 0 radical (unpaired) electrons. The summed E-state index contributed by atoms with van der Waals surface area (Å²) in [7, 11) is -4.99. The first-order valence-corrected chi connectivity index (χ1v) is 11.8. The summed E-state index contributed by atoms with van der Waals surface area (Å²) in [5.41, 5.74) is 0. The summed E-state index contributed by atoms with van der Waals surface area (Å²) >= 11 is 0. The molecule has 0 aliphatic heterocycles. The molecule has 0 amide bonds. The van der Waals surface area contributed by atoms with Crippen LogP contribution in [0.25, 0.3) is 0 Å². The molecule has 5 heteroatoms. The standard InChI is InChI=1S/C14H31O3PS/c1-4-7-10-18(11-8-5-2,12-9-6-3)13-14-19(15,16)17/h4-14H2,1-3H3/p+1. The van der Waals surface area contributed by atoms with E-state index >= 15 is 0 Å². The van der Waals surface area contributed by atoms with Gasteiger partial charge in [-0.25, -0.2) is 0 Å². The molecule has 0 unspecified atom stereocenters. The third-order valence-electron chi connectivity index (χ3n) is 3.78. The quantitative estimate of drug-likeness (QED) is 0.432. The van der Waals surface area contributed by atoms with Crippen LogP contribution in [0.1, 0.15) is 59.3 Å². The zero-order valence-electron chi connectivity index (χ0n) is 12.9. The van der Waals surface area contributed by atoms with Crippen LogP contribution in [-0.2, 0) is 10.1 Å². The largest absolute Gasteiger partial charge is 0.285 e. The fourth-order valence-corrected chi connectivity index (χ4v) is 9.24. The third-order valence-corrected chi connectivity index (χ3v) is 9.77. The predicted molar refractivity (Wildman–Crippen MR) is 87.5 cm³/mol. The highest BCUT2D eigenvalue weighted by Gasteiger charge is 2.36. The molecule has 0 saturated heterocycles. The average Bonchev–Trinajstić information content (AvgIpc) is 2.36. The van der Waals surface area contributed by atoms with Crippen molar-refractivity contribution in [2.45, 2.75) is 59.3 Å². The molecule has 0 bridgehead atoms. The topological polar surface area (TPSA) is 54.4 Å². The smallest absolute Gasteiger partial charge is 0.268 e. The Hall–Kier alpha value is 0.340. The van der Waals surface area contributed by atoms with E-state index in [1.807, 2.05) is 0 Å². The lowest BCUT2D eigenvalue weighted by molar-refractivity contribution is 0.485. The van der Waals surface area contributed by atoms with Crippen LogP contribution in [0.5, 0.6) is 0 Å². The van der Waals surface area contributed by atoms with E-state index in [1.165, 1.54) is 57.0 Å². The van der Waals surface area contributed by atoms with E-state index in [4.69, 9.17) is 4.55 Å². The minimum absolute atomic E-state index is 0.0298. The van der Waals surface area contributed by atoms with Gasteiger partial charge in [0.25, 0.3) is 10.1 Å². The molecule has 0 rings (SSSR count). The van der Waals surface area contributed by atoms with Crippen LogP contribution >= 0.6 is 7.26 Å². The van der Waals surface area contributed by atoms with Crippen LogP contribution in [0.3, 0.4) is 0 Å². The van der Waals surface area contributed by atoms with Gasteiger partial charge in [-0.3, -0.25) is 4.55 Å². The van der Waals surface area contributed by atoms with Crippen molar-refractivity contribution >= 4 is 17.4 Å². The molecule has 0 aliphatic rings. The van der Waals surface area contributed by atoms with Gasteiger partial charge < -0.3 is 0 Å². The Bertz CT molecular complexity index is 293. The van der Waals surface area contributed by atoms with Crippen LogP contribution in [-0.4, -0.2) is 43.4 Å². The molecule has 116 valence electrons. The van der Waals surface area contributed by atoms with Crippen molar-refractivity contribution in [2.75, 3.05) is 30.4 Å². The Morgan fingerprint density at radius 3 is 1.42 bits per heavy atom. The summed E-state index contributed by atoms with van der Waals surface area (Å²) in [4.78, 5) is 0. The van der Waals surface area contributed by atoms with Crippen LogP contribution in [0.15, 0.2) is 0 Å². The molecule has 0 atom stereocenters. The maximum Gasteiger partial charge on any atom is 0.268 e. The van der Waals surface area contributed by atoms with Crippen LogP contribution in [0.2, 0.25) is 0 Å². The molecule has 0 aromatic rings. The highest BCUT2D eigenvalue weighted by molar-refractivity contribution is 7.87. The third kappa shape index (κ3) is 9.81. The SMILES string of the molecule is CCCC[P+](CCCC)(CCCC)CCS(=O)(=O)O. The molecule has 19 heavy (non-hydrogen) atoms. The van der Waals surface area contributed by atoms with Gasteiger partial charge in [0.2, 0.25) is 0 Å². The number of hydrogen-bond donors (Lipinski definition) is 1. The monoisotopic (exact) mass is 311 g/mol. The average molecular weight is 311 g/mol. The van der Waals surface area contributed by atoms with E-state index in [0.717, 1.165) is 6.16 Å². The molecule has 0 saturated carbocycles. The molecule has 0 aliphatic carbocycles. The van der Waals surface area contributed by atoms with Gasteiger partial charge in [0.1, 0.15) is 5.75 Å². The van der Waals surface area contributed by atoms with E-state index in [0.29, 0.717) is 0 Å². The molecular formula is C14H32O3PS+. The number of hydrogen-bond acceptors (Lipinski definition) is 2. The van der Waals surface area contributed by atoms with Gasteiger partial charge in [0.05, 0.1) is 24.6 Å². The van der Waals surface area contributed by atoms with Gasteiger partial charge in [-0.2, -0.15) is 8.42 Å². The normalized spacial score (nSPS) is 12.8. The van der Waals surface area contributed by atoms with Crippen LogP contribution in [0, 0.1) is 0 Å². The van der Waals surface area contributed by atoms with Crippen LogP contribution in [0.4, 0.5) is 0 Å². The molecule has 1 N–H and O–H groups in total. The van der Waals surface area contributed by atoms with E-state index in [9.17, 15) is 8.42 Å². The lowest BCUT2D eigenvalue weighted by atomic mass is 10.4. The Morgan fingerprint density at radius 1 is 0.789 bits per heavy atom. The second-order valence-electron chi connectivity index (χ2n) is 5.58. The van der Waals surface area contributed by atoms with Gasteiger partial charge in [0, 0.05) is 7.26 Å². The van der Waals surface area contributed by atoms with Gasteiger partial charge in [0.15, 0.2) is 0 Å². The summed E-state index contributed by atoms with van der Waals surface area (Å²) in [6, 6.07) is 0. The van der Waals surface area contributed by atoms with E-state index in [-0.39, 0.29) is 5.75 Å². The van der Waals surface area contributed by atoms with E-state index < -0.39 is 17.4 Å². The number of rotatable bonds is 12. The van der Waals surface area contributed by atoms with Crippen molar-refractivity contribution in [3.8, 4) is 0 Å². The maximum absolute atomic E-state index is 11.1. The Morgan fingerprint density at radius 2 is 1.16 bits per heavy atom. The molecule has 0 fully saturated rings. The van der Waals surface area contributed by atoms with Crippen molar-refractivity contribution in [3.05, 3.63) is 0 Å². The molecule has 0 heterocycles. The summed E-state index contributed by atoms with van der Waals surface area (Å²) in [6.07, 6.45) is 11.5. The Kier molecular flexibility index (Phi) is 10.3. The summed E-state index contributed by atoms with van der Waals surface area (Å²) in [5, 5.41) is 0. The fourth-order valence-electron chi connectivity index (χ4n) is 2.46. The first-order chi connectivity index (χ1) is 8.89. The molecule has 0 aromatic heterocycles. The van der Waals surface area contributed by atoms with Crippen molar-refractivity contribution in [3.63, 3.8) is 0 Å². The molecule has 0 aromatic carbocycles. The van der Waals surface area contributed by atoms with Crippen molar-refractivity contribution in [1.82, 2.24) is 0 Å². The van der Waals surface area contributed by atoms with Crippen LogP contribution < -0.4 is 0 Å².